The lowest BCUT2D eigenvalue weighted by Gasteiger charge is -2.25. The average molecular weight is 328 g/mol. The molecule has 0 aliphatic heterocycles. The lowest BCUT2D eigenvalue weighted by molar-refractivity contribution is -0.245. The van der Waals surface area contributed by atoms with Crippen LogP contribution in [0.25, 0.3) is 5.76 Å². The topological polar surface area (TPSA) is 52.5 Å². The molecule has 0 aromatic heterocycles. The Hall–Kier alpha value is -2.94. The predicted octanol–water partition coefficient (Wildman–Crippen LogP) is 3.49. The molecule has 0 heterocycles. The Morgan fingerprint density at radius 1 is 0.840 bits per heavy atom. The lowest BCUT2D eigenvalue weighted by atomic mass is 9.87. The third-order valence-corrected chi connectivity index (χ3v) is 4.90. The van der Waals surface area contributed by atoms with Gasteiger partial charge >= 0.3 is 0 Å². The second-order valence-electron chi connectivity index (χ2n) is 6.43. The number of allylic oxidation sites excluding steroid dienone is 2. The van der Waals surface area contributed by atoms with Crippen LogP contribution in [-0.2, 0) is 12.8 Å². The molecule has 0 unspecified atom stereocenters. The van der Waals surface area contributed by atoms with Crippen LogP contribution < -0.4 is 5.11 Å². The summed E-state index contributed by atoms with van der Waals surface area (Å²) in [6.45, 7) is 0. The second kappa shape index (κ2) is 6.52. The molecule has 2 aromatic carbocycles. The van der Waals surface area contributed by atoms with E-state index in [2.05, 4.69) is 4.99 Å². The monoisotopic (exact) mass is 328 g/mol. The van der Waals surface area contributed by atoms with Gasteiger partial charge in [0.05, 0.1) is 0 Å². The Balaban J connectivity index is 1.58. The van der Waals surface area contributed by atoms with Gasteiger partial charge in [0.1, 0.15) is 0 Å². The molecule has 0 amide bonds. The maximum atomic E-state index is 12.5. The highest BCUT2D eigenvalue weighted by molar-refractivity contribution is 6.10. The van der Waals surface area contributed by atoms with Crippen LogP contribution in [0.2, 0.25) is 0 Å². The van der Waals surface area contributed by atoms with Gasteiger partial charge in [-0.15, -0.1) is 0 Å². The number of ketones is 1. The van der Waals surface area contributed by atoms with E-state index >= 15 is 0 Å². The molecule has 4 rings (SSSR count). The van der Waals surface area contributed by atoms with Crippen LogP contribution >= 0.6 is 0 Å². The number of aliphatic imine (C=N–C) groups is 1. The first-order valence-electron chi connectivity index (χ1n) is 8.57. The minimum atomic E-state index is 0.0457. The number of hydrogen-bond acceptors (Lipinski definition) is 3. The van der Waals surface area contributed by atoms with Crippen LogP contribution in [0, 0.1) is 0 Å². The number of nitrogens with zero attached hydrogens (tertiary/aromatic N) is 1. The molecule has 0 N–H and O–H groups in total. The van der Waals surface area contributed by atoms with E-state index in [9.17, 15) is 9.90 Å². The van der Waals surface area contributed by atoms with Gasteiger partial charge in [-0.3, -0.25) is 9.79 Å². The third kappa shape index (κ3) is 2.93. The van der Waals surface area contributed by atoms with Gasteiger partial charge < -0.3 is 5.11 Å². The van der Waals surface area contributed by atoms with Gasteiger partial charge in [0.15, 0.2) is 5.78 Å². The Morgan fingerprint density at radius 3 is 2.28 bits per heavy atom. The highest BCUT2D eigenvalue weighted by Crippen LogP contribution is 2.27. The van der Waals surface area contributed by atoms with E-state index in [1.807, 2.05) is 48.5 Å². The summed E-state index contributed by atoms with van der Waals surface area (Å²) in [5, 5.41) is 12.5. The molecule has 0 atom stereocenters. The van der Waals surface area contributed by atoms with Gasteiger partial charge in [-0.1, -0.05) is 54.3 Å². The zero-order valence-electron chi connectivity index (χ0n) is 13.9. The smallest absolute Gasteiger partial charge is 0.190 e. The van der Waals surface area contributed by atoms with Crippen LogP contribution in [-0.4, -0.2) is 12.0 Å². The summed E-state index contributed by atoms with van der Waals surface area (Å²) in [6.07, 6.45) is 6.34. The SMILES string of the molecule is O=C1/C(=C\N=CC2=C([O-])c3ccccc3CC2)CCc2ccccc21. The van der Waals surface area contributed by atoms with Crippen LogP contribution in [0.15, 0.2) is 70.9 Å². The summed E-state index contributed by atoms with van der Waals surface area (Å²) in [4.78, 5) is 16.8. The molecule has 124 valence electrons. The van der Waals surface area contributed by atoms with Crippen LogP contribution in [0.1, 0.15) is 39.9 Å². The van der Waals surface area contributed by atoms with Crippen molar-refractivity contribution >= 4 is 17.8 Å². The molecule has 0 fully saturated rings. The van der Waals surface area contributed by atoms with Crippen molar-refractivity contribution in [3.63, 3.8) is 0 Å². The molecular formula is C22H18NO2-. The van der Waals surface area contributed by atoms with Gasteiger partial charge in [-0.2, -0.15) is 0 Å². The first kappa shape index (κ1) is 15.6. The number of fused-ring (bicyclic) bond motifs is 2. The van der Waals surface area contributed by atoms with Gasteiger partial charge in [0.2, 0.25) is 0 Å². The van der Waals surface area contributed by atoms with E-state index in [0.29, 0.717) is 24.0 Å². The Kier molecular flexibility index (Phi) is 4.06. The highest BCUT2D eigenvalue weighted by Gasteiger charge is 2.20. The minimum Gasteiger partial charge on any atom is -0.872 e. The number of Topliss-reactive ketones (excluding diaryl/α,β-unsaturated/α-hetero) is 1. The first-order chi connectivity index (χ1) is 12.2. The fourth-order valence-corrected chi connectivity index (χ4v) is 3.49. The molecule has 0 radical (unpaired) electrons. The quantitative estimate of drug-likeness (QED) is 0.626. The normalized spacial score (nSPS) is 18.6. The summed E-state index contributed by atoms with van der Waals surface area (Å²) >= 11 is 0. The van der Waals surface area contributed by atoms with Crippen molar-refractivity contribution in [2.24, 2.45) is 4.99 Å². The largest absolute Gasteiger partial charge is 0.872 e. The molecule has 0 saturated heterocycles. The van der Waals surface area contributed by atoms with Gasteiger partial charge in [0.25, 0.3) is 0 Å². The number of carbonyl (C=O) groups excluding carboxylic acids is 1. The van der Waals surface area contributed by atoms with Crippen LogP contribution in [0.3, 0.4) is 0 Å². The molecule has 3 heteroatoms. The Bertz CT molecular complexity index is 935. The van der Waals surface area contributed by atoms with Gasteiger partial charge in [-0.05, 0) is 47.9 Å². The highest BCUT2D eigenvalue weighted by atomic mass is 16.3. The molecule has 2 aromatic rings. The van der Waals surface area contributed by atoms with E-state index < -0.39 is 0 Å². The molecule has 3 nitrogen and oxygen atoms in total. The maximum absolute atomic E-state index is 12.5. The number of carbonyl (C=O) groups is 1. The fraction of sp³-hybridized carbons (Fsp3) is 0.182. The molecule has 0 saturated carbocycles. The number of rotatable bonds is 2. The number of hydrogen-bond donors (Lipinski definition) is 0. The summed E-state index contributed by atoms with van der Waals surface area (Å²) in [5.41, 5.74) is 5.15. The average Bonchev–Trinajstić information content (AvgIpc) is 2.66. The van der Waals surface area contributed by atoms with E-state index in [4.69, 9.17) is 0 Å². The van der Waals surface area contributed by atoms with Crippen molar-refractivity contribution in [2.45, 2.75) is 25.7 Å². The Labute approximate surface area is 147 Å². The van der Waals surface area contributed by atoms with E-state index in [1.165, 1.54) is 0 Å². The maximum Gasteiger partial charge on any atom is 0.190 e. The van der Waals surface area contributed by atoms with Gasteiger partial charge in [0, 0.05) is 23.6 Å². The van der Waals surface area contributed by atoms with E-state index in [0.717, 1.165) is 35.1 Å². The number of aryl methyl sites for hydroxylation is 2. The van der Waals surface area contributed by atoms with Crippen LogP contribution in [0.5, 0.6) is 0 Å². The molecule has 2 aliphatic carbocycles. The van der Waals surface area contributed by atoms with Crippen LogP contribution in [0.4, 0.5) is 0 Å². The molecule has 25 heavy (non-hydrogen) atoms. The summed E-state index contributed by atoms with van der Waals surface area (Å²) in [7, 11) is 0. The van der Waals surface area contributed by atoms with E-state index in [-0.39, 0.29) is 11.5 Å². The number of benzene rings is 2. The molecule has 0 spiro atoms. The first-order valence-corrected chi connectivity index (χ1v) is 8.57. The van der Waals surface area contributed by atoms with Crippen molar-refractivity contribution in [2.75, 3.05) is 0 Å². The fourth-order valence-electron chi connectivity index (χ4n) is 3.49. The Morgan fingerprint density at radius 2 is 1.48 bits per heavy atom. The lowest BCUT2D eigenvalue weighted by Crippen LogP contribution is -2.15. The van der Waals surface area contributed by atoms with Crippen molar-refractivity contribution in [1.82, 2.24) is 0 Å². The van der Waals surface area contributed by atoms with E-state index in [1.54, 1.807) is 12.4 Å². The standard InChI is InChI=1S/C22H19NO2/c24-21-17(11-9-15-5-1-3-7-19(15)21)13-23-14-18-12-10-16-6-2-4-8-20(16)22(18)25/h1-8,13-14,24H,9-12H2/p-1/b18-14-,23-13?. The zero-order chi connectivity index (χ0) is 17.2. The van der Waals surface area contributed by atoms with Crippen molar-refractivity contribution in [3.05, 3.63) is 88.1 Å². The summed E-state index contributed by atoms with van der Waals surface area (Å²) in [5.74, 6) is 0.0913. The predicted molar refractivity (Wildman–Crippen MR) is 97.4 cm³/mol. The van der Waals surface area contributed by atoms with Crippen molar-refractivity contribution < 1.29 is 9.90 Å². The summed E-state index contributed by atoms with van der Waals surface area (Å²) < 4.78 is 0. The third-order valence-electron chi connectivity index (χ3n) is 4.90. The van der Waals surface area contributed by atoms with Crippen molar-refractivity contribution in [1.29, 1.82) is 0 Å². The summed E-state index contributed by atoms with van der Waals surface area (Å²) in [6, 6.07) is 15.4. The molecule has 2 aliphatic rings. The zero-order valence-corrected chi connectivity index (χ0v) is 13.9. The van der Waals surface area contributed by atoms with Crippen molar-refractivity contribution in [3.8, 4) is 0 Å². The minimum absolute atomic E-state index is 0.0457. The molecular weight excluding hydrogens is 310 g/mol. The second-order valence-corrected chi connectivity index (χ2v) is 6.43. The molecule has 0 bridgehead atoms. The van der Waals surface area contributed by atoms with Gasteiger partial charge in [-0.25, -0.2) is 0 Å².